The van der Waals surface area contributed by atoms with Crippen molar-refractivity contribution in [2.24, 2.45) is 0 Å². The van der Waals surface area contributed by atoms with Gasteiger partial charge < -0.3 is 4.74 Å². The van der Waals surface area contributed by atoms with Gasteiger partial charge in [0.05, 0.1) is 4.34 Å². The molecular weight excluding hydrogens is 243 g/mol. The summed E-state index contributed by atoms with van der Waals surface area (Å²) < 4.78 is 5.82. The topological polar surface area (TPSA) is 26.3 Å². The van der Waals surface area contributed by atoms with E-state index in [1.165, 1.54) is 18.3 Å². The van der Waals surface area contributed by atoms with Crippen LogP contribution < -0.4 is 0 Å². The molecule has 0 saturated carbocycles. The Hall–Kier alpha value is -0.690. The number of carbonyl (C=O) groups excluding carboxylic acids is 1. The minimum absolute atomic E-state index is 0.444. The Morgan fingerprint density at radius 1 is 1.71 bits per heavy atom. The maximum atomic E-state index is 10.7. The fourth-order valence-corrected chi connectivity index (χ4v) is 2.40. The van der Waals surface area contributed by atoms with Gasteiger partial charge in [0.15, 0.2) is 6.10 Å². The van der Waals surface area contributed by atoms with Crippen LogP contribution in [0.4, 0.5) is 0 Å². The van der Waals surface area contributed by atoms with Crippen LogP contribution in [0.5, 0.6) is 0 Å². The van der Waals surface area contributed by atoms with Crippen molar-refractivity contribution in [1.82, 2.24) is 0 Å². The average Bonchev–Trinajstić information content (AvgIpc) is 2.41. The summed E-state index contributed by atoms with van der Waals surface area (Å²) in [5.74, 6) is 1.87. The third-order valence-electron chi connectivity index (χ3n) is 1.40. The summed E-state index contributed by atoms with van der Waals surface area (Å²) >= 11 is 12.8. The molecule has 0 aliphatic carbocycles. The van der Waals surface area contributed by atoms with Crippen molar-refractivity contribution in [1.29, 1.82) is 0 Å². The lowest BCUT2D eigenvalue weighted by molar-refractivity contribution is -0.144. The predicted octanol–water partition coefficient (Wildman–Crippen LogP) is 3.29. The lowest BCUT2D eigenvalue weighted by Gasteiger charge is -2.09. The largest absolute Gasteiger partial charge is 0.444 e. The third-order valence-corrected chi connectivity index (χ3v) is 2.92. The molecule has 0 radical (unpaired) electrons. The van der Waals surface area contributed by atoms with Gasteiger partial charge in [-0.1, -0.05) is 29.1 Å². The number of rotatable bonds is 2. The van der Waals surface area contributed by atoms with Crippen molar-refractivity contribution in [3.8, 4) is 12.3 Å². The number of esters is 1. The molecule has 0 bridgehead atoms. The first-order chi connectivity index (χ1) is 6.54. The number of hydrogen-bond acceptors (Lipinski definition) is 3. The summed E-state index contributed by atoms with van der Waals surface area (Å²) in [6.45, 7) is 1.28. The van der Waals surface area contributed by atoms with E-state index >= 15 is 0 Å². The fraction of sp³-hybridized carbons (Fsp3) is 0.222. The van der Waals surface area contributed by atoms with Crippen LogP contribution in [0.15, 0.2) is 6.07 Å². The highest BCUT2D eigenvalue weighted by Crippen LogP contribution is 2.36. The molecule has 2 nitrogen and oxygen atoms in total. The van der Waals surface area contributed by atoms with Crippen LogP contribution in [-0.2, 0) is 9.53 Å². The first-order valence-corrected chi connectivity index (χ1v) is 5.20. The maximum Gasteiger partial charge on any atom is 0.304 e. The number of carbonyl (C=O) groups is 1. The molecule has 1 heterocycles. The van der Waals surface area contributed by atoms with Crippen molar-refractivity contribution < 1.29 is 9.53 Å². The Labute approximate surface area is 95.8 Å². The first kappa shape index (κ1) is 11.4. The monoisotopic (exact) mass is 248 g/mol. The van der Waals surface area contributed by atoms with E-state index in [1.807, 2.05) is 0 Å². The van der Waals surface area contributed by atoms with Gasteiger partial charge in [-0.25, -0.2) is 0 Å². The van der Waals surface area contributed by atoms with Crippen molar-refractivity contribution in [2.75, 3.05) is 0 Å². The number of hydrogen-bond donors (Lipinski definition) is 0. The SMILES string of the molecule is C#CC(OC(C)=O)c1cc(Cl)sc1Cl. The van der Waals surface area contributed by atoms with Crippen LogP contribution in [0, 0.1) is 12.3 Å². The van der Waals surface area contributed by atoms with Gasteiger partial charge in [0, 0.05) is 12.5 Å². The zero-order valence-corrected chi connectivity index (χ0v) is 9.54. The quantitative estimate of drug-likeness (QED) is 0.593. The van der Waals surface area contributed by atoms with Gasteiger partial charge in [0.2, 0.25) is 0 Å². The van der Waals surface area contributed by atoms with Crippen LogP contribution in [0.3, 0.4) is 0 Å². The molecule has 1 aromatic heterocycles. The molecule has 1 unspecified atom stereocenters. The lowest BCUT2D eigenvalue weighted by Crippen LogP contribution is -2.05. The molecule has 1 atom stereocenters. The second-order valence-corrected chi connectivity index (χ2v) is 4.72. The van der Waals surface area contributed by atoms with Gasteiger partial charge in [-0.2, -0.15) is 0 Å². The molecule has 0 fully saturated rings. The summed E-state index contributed by atoms with van der Waals surface area (Å²) in [7, 11) is 0. The van der Waals surface area contributed by atoms with Crippen molar-refractivity contribution in [3.63, 3.8) is 0 Å². The Balaban J connectivity index is 2.96. The van der Waals surface area contributed by atoms with E-state index in [1.54, 1.807) is 6.07 Å². The predicted molar refractivity (Wildman–Crippen MR) is 57.7 cm³/mol. The summed E-state index contributed by atoms with van der Waals surface area (Å²) in [6, 6.07) is 1.60. The minimum Gasteiger partial charge on any atom is -0.444 e. The van der Waals surface area contributed by atoms with Crippen molar-refractivity contribution in [3.05, 3.63) is 20.3 Å². The molecule has 5 heteroatoms. The van der Waals surface area contributed by atoms with Crippen LogP contribution >= 0.6 is 34.5 Å². The highest BCUT2D eigenvalue weighted by atomic mass is 35.5. The molecule has 0 saturated heterocycles. The van der Waals surface area contributed by atoms with Gasteiger partial charge >= 0.3 is 5.97 Å². The number of ether oxygens (including phenoxy) is 1. The fourth-order valence-electron chi connectivity index (χ4n) is 0.885. The number of halogens is 2. The normalized spacial score (nSPS) is 11.9. The van der Waals surface area contributed by atoms with E-state index in [0.29, 0.717) is 14.2 Å². The molecule has 0 spiro atoms. The van der Waals surface area contributed by atoms with E-state index in [-0.39, 0.29) is 0 Å². The maximum absolute atomic E-state index is 10.7. The average molecular weight is 249 g/mol. The zero-order valence-electron chi connectivity index (χ0n) is 7.21. The molecule has 0 N–H and O–H groups in total. The molecule has 0 aromatic carbocycles. The number of terminal acetylenes is 1. The first-order valence-electron chi connectivity index (χ1n) is 3.62. The summed E-state index contributed by atoms with van der Waals surface area (Å²) in [5.41, 5.74) is 0.555. The van der Waals surface area contributed by atoms with Gasteiger partial charge in [-0.15, -0.1) is 17.8 Å². The molecule has 1 rings (SSSR count). The molecule has 0 aliphatic heterocycles. The van der Waals surface area contributed by atoms with Gasteiger partial charge in [0.1, 0.15) is 4.34 Å². The molecule has 1 aromatic rings. The Bertz CT molecular complexity index is 392. The Morgan fingerprint density at radius 3 is 2.71 bits per heavy atom. The van der Waals surface area contributed by atoms with Crippen molar-refractivity contribution in [2.45, 2.75) is 13.0 Å². The van der Waals surface area contributed by atoms with E-state index in [9.17, 15) is 4.79 Å². The second kappa shape index (κ2) is 4.70. The minimum atomic E-state index is -0.760. The molecule has 14 heavy (non-hydrogen) atoms. The van der Waals surface area contributed by atoms with Crippen LogP contribution in [-0.4, -0.2) is 5.97 Å². The van der Waals surface area contributed by atoms with Crippen LogP contribution in [0.2, 0.25) is 8.67 Å². The van der Waals surface area contributed by atoms with E-state index in [2.05, 4.69) is 5.92 Å². The van der Waals surface area contributed by atoms with E-state index in [0.717, 1.165) is 0 Å². The Kier molecular flexibility index (Phi) is 3.82. The zero-order chi connectivity index (χ0) is 10.7. The molecule has 74 valence electrons. The molecule has 0 amide bonds. The lowest BCUT2D eigenvalue weighted by atomic mass is 10.2. The van der Waals surface area contributed by atoms with E-state index in [4.69, 9.17) is 34.4 Å². The second-order valence-electron chi connectivity index (χ2n) is 2.44. The highest BCUT2D eigenvalue weighted by molar-refractivity contribution is 7.20. The van der Waals surface area contributed by atoms with Crippen molar-refractivity contribution >= 4 is 40.5 Å². The Morgan fingerprint density at radius 2 is 2.36 bits per heavy atom. The standard InChI is InChI=1S/C9H6Cl2O2S/c1-3-7(13-5(2)12)6-4-8(10)14-9(6)11/h1,4,7H,2H3. The summed E-state index contributed by atoms with van der Waals surface area (Å²) in [6.07, 6.45) is 4.45. The summed E-state index contributed by atoms with van der Waals surface area (Å²) in [5, 5.41) is 0. The molecule has 0 aliphatic rings. The van der Waals surface area contributed by atoms with Crippen LogP contribution in [0.1, 0.15) is 18.6 Å². The van der Waals surface area contributed by atoms with Gasteiger partial charge in [-0.05, 0) is 6.07 Å². The highest BCUT2D eigenvalue weighted by Gasteiger charge is 2.17. The summed E-state index contributed by atoms with van der Waals surface area (Å²) in [4.78, 5) is 10.7. The smallest absolute Gasteiger partial charge is 0.304 e. The van der Waals surface area contributed by atoms with Crippen LogP contribution in [0.25, 0.3) is 0 Å². The van der Waals surface area contributed by atoms with Gasteiger partial charge in [-0.3, -0.25) is 4.79 Å². The molecular formula is C9H6Cl2O2S. The van der Waals surface area contributed by atoms with E-state index < -0.39 is 12.1 Å². The van der Waals surface area contributed by atoms with Gasteiger partial charge in [0.25, 0.3) is 0 Å². The number of thiophene rings is 1. The third kappa shape index (κ3) is 2.65.